The van der Waals surface area contributed by atoms with E-state index < -0.39 is 0 Å². The van der Waals surface area contributed by atoms with Gasteiger partial charge in [0.05, 0.1) is 0 Å². The summed E-state index contributed by atoms with van der Waals surface area (Å²) >= 11 is 0. The van der Waals surface area contributed by atoms with Gasteiger partial charge in [-0.15, -0.1) is 0 Å². The maximum absolute atomic E-state index is 5.08. The van der Waals surface area contributed by atoms with Crippen molar-refractivity contribution in [3.05, 3.63) is 174 Å². The van der Waals surface area contributed by atoms with Gasteiger partial charge in [0.2, 0.25) is 0 Å². The van der Waals surface area contributed by atoms with E-state index in [1.165, 1.54) is 63.8 Å². The van der Waals surface area contributed by atoms with Crippen LogP contribution in [0.5, 0.6) is 0 Å². The Morgan fingerprint density at radius 2 is 1.00 bits per heavy atom. The number of benzene rings is 5. The van der Waals surface area contributed by atoms with Crippen LogP contribution in [0, 0.1) is 0 Å². The van der Waals surface area contributed by atoms with Crippen LogP contribution >= 0.6 is 0 Å². The number of rotatable bonds is 7. The molecule has 52 heavy (non-hydrogen) atoms. The molecule has 0 N–H and O–H groups in total. The Bertz CT molecular complexity index is 2290. The second kappa shape index (κ2) is 14.2. The fourth-order valence-corrected chi connectivity index (χ4v) is 8.41. The summed E-state index contributed by atoms with van der Waals surface area (Å²) in [5.74, 6) is 2.13. The second-order valence-corrected chi connectivity index (χ2v) is 14.5. The van der Waals surface area contributed by atoms with E-state index in [4.69, 9.17) is 15.0 Å². The van der Waals surface area contributed by atoms with E-state index in [1.807, 2.05) is 6.07 Å². The van der Waals surface area contributed by atoms with Crippen LogP contribution in [0.1, 0.15) is 79.4 Å². The molecule has 1 heterocycles. The molecule has 0 bridgehead atoms. The molecule has 1 saturated carbocycles. The second-order valence-electron chi connectivity index (χ2n) is 14.5. The van der Waals surface area contributed by atoms with E-state index in [0.717, 1.165) is 61.0 Å². The van der Waals surface area contributed by atoms with Gasteiger partial charge in [-0.3, -0.25) is 0 Å². The highest BCUT2D eigenvalue weighted by atomic mass is 15.0. The van der Waals surface area contributed by atoms with E-state index in [9.17, 15) is 0 Å². The first-order chi connectivity index (χ1) is 25.7. The van der Waals surface area contributed by atoms with Crippen molar-refractivity contribution in [3.63, 3.8) is 0 Å². The Balaban J connectivity index is 1.04. The van der Waals surface area contributed by atoms with Gasteiger partial charge in [0.1, 0.15) is 0 Å². The van der Waals surface area contributed by atoms with Crippen molar-refractivity contribution in [1.29, 1.82) is 0 Å². The number of hydrogen-bond donors (Lipinski definition) is 0. The van der Waals surface area contributed by atoms with Gasteiger partial charge in [-0.2, -0.15) is 0 Å². The molecule has 3 heteroatoms. The van der Waals surface area contributed by atoms with Crippen molar-refractivity contribution >= 4 is 11.6 Å². The molecule has 1 aromatic heterocycles. The van der Waals surface area contributed by atoms with Gasteiger partial charge in [0.15, 0.2) is 17.5 Å². The van der Waals surface area contributed by atoms with Crippen LogP contribution in [0.2, 0.25) is 0 Å². The SMILES string of the molecule is C1=CC(c2nc(-c3ccc(-c4ccccc4)cc3)nc(-c3ccc(C4(c5ccc(-c6ccc7c(c6)C=CCC7)cc5)CCCCC4)cc3)n2)=CCC1. The molecule has 0 atom stereocenters. The zero-order chi connectivity index (χ0) is 34.7. The highest BCUT2D eigenvalue weighted by molar-refractivity contribution is 5.75. The lowest BCUT2D eigenvalue weighted by atomic mass is 9.65. The molecule has 254 valence electrons. The van der Waals surface area contributed by atoms with Crippen LogP contribution in [0.3, 0.4) is 0 Å². The summed E-state index contributed by atoms with van der Waals surface area (Å²) in [5.41, 5.74) is 13.6. The van der Waals surface area contributed by atoms with Gasteiger partial charge in [0, 0.05) is 22.1 Å². The molecule has 5 aromatic carbocycles. The first kappa shape index (κ1) is 32.3. The first-order valence-electron chi connectivity index (χ1n) is 19.0. The van der Waals surface area contributed by atoms with Crippen LogP contribution in [0.25, 0.3) is 56.7 Å². The highest BCUT2D eigenvalue weighted by Gasteiger charge is 2.35. The maximum Gasteiger partial charge on any atom is 0.164 e. The van der Waals surface area contributed by atoms with Crippen LogP contribution in [0.15, 0.2) is 146 Å². The predicted molar refractivity (Wildman–Crippen MR) is 216 cm³/mol. The van der Waals surface area contributed by atoms with Crippen molar-refractivity contribution in [2.45, 2.75) is 63.2 Å². The van der Waals surface area contributed by atoms with Crippen molar-refractivity contribution in [3.8, 4) is 45.0 Å². The fourth-order valence-electron chi connectivity index (χ4n) is 8.41. The third-order valence-corrected chi connectivity index (χ3v) is 11.3. The smallest absolute Gasteiger partial charge is 0.164 e. The zero-order valence-electron chi connectivity index (χ0n) is 29.6. The van der Waals surface area contributed by atoms with Crippen molar-refractivity contribution in [2.24, 2.45) is 0 Å². The third kappa shape index (κ3) is 6.37. The van der Waals surface area contributed by atoms with E-state index in [1.54, 1.807) is 0 Å². The van der Waals surface area contributed by atoms with Gasteiger partial charge < -0.3 is 0 Å². The van der Waals surface area contributed by atoms with Gasteiger partial charge >= 0.3 is 0 Å². The lowest BCUT2D eigenvalue weighted by Crippen LogP contribution is -2.30. The largest absolute Gasteiger partial charge is 0.208 e. The third-order valence-electron chi connectivity index (χ3n) is 11.3. The summed E-state index contributed by atoms with van der Waals surface area (Å²) in [5, 5.41) is 0. The molecule has 3 aliphatic rings. The number of aromatic nitrogens is 3. The summed E-state index contributed by atoms with van der Waals surface area (Å²) in [6.07, 6.45) is 21.6. The molecule has 3 aliphatic carbocycles. The highest BCUT2D eigenvalue weighted by Crippen LogP contribution is 2.46. The Kier molecular flexibility index (Phi) is 8.78. The lowest BCUT2D eigenvalue weighted by molar-refractivity contribution is 0.346. The minimum Gasteiger partial charge on any atom is -0.208 e. The Morgan fingerprint density at radius 1 is 0.442 bits per heavy atom. The quantitative estimate of drug-likeness (QED) is 0.169. The average Bonchev–Trinajstić information content (AvgIpc) is 3.24. The van der Waals surface area contributed by atoms with Crippen molar-refractivity contribution in [2.75, 3.05) is 0 Å². The molecular weight excluding hydrogens is 631 g/mol. The van der Waals surface area contributed by atoms with Gasteiger partial charge in [-0.25, -0.2) is 15.0 Å². The predicted octanol–water partition coefficient (Wildman–Crippen LogP) is 12.5. The van der Waals surface area contributed by atoms with Gasteiger partial charge in [-0.05, 0) is 89.1 Å². The van der Waals surface area contributed by atoms with Crippen LogP contribution in [-0.2, 0) is 11.8 Å². The zero-order valence-corrected chi connectivity index (χ0v) is 29.6. The summed E-state index contributed by atoms with van der Waals surface area (Å²) < 4.78 is 0. The molecular formula is C49H43N3. The molecule has 3 nitrogen and oxygen atoms in total. The number of fused-ring (bicyclic) bond motifs is 1. The summed E-state index contributed by atoms with van der Waals surface area (Å²) in [6, 6.07) is 44.6. The molecule has 9 rings (SSSR count). The molecule has 1 fully saturated rings. The van der Waals surface area contributed by atoms with E-state index in [-0.39, 0.29) is 5.41 Å². The standard InChI is InChI=1S/C49H43N3/c1-4-12-35(13-5-1)37-18-21-40(22-19-37)47-50-46(39-15-6-2-7-16-39)51-48(52-47)41-26-30-45(31-27-41)49(32-10-3-11-33-49)44-28-24-38(25-29-44)43-23-20-36-14-8-9-17-42(36)34-43/h1,4-6,9,12-13,15-31,34H,2-3,7-8,10-11,14,32-33H2. The Morgan fingerprint density at radius 3 is 1.67 bits per heavy atom. The molecule has 0 unspecified atom stereocenters. The topological polar surface area (TPSA) is 38.7 Å². The number of nitrogens with zero attached hydrogens (tertiary/aromatic N) is 3. The van der Waals surface area contributed by atoms with Crippen LogP contribution < -0.4 is 0 Å². The summed E-state index contributed by atoms with van der Waals surface area (Å²) in [6.45, 7) is 0. The molecule has 6 aromatic rings. The summed E-state index contributed by atoms with van der Waals surface area (Å²) in [4.78, 5) is 15.1. The van der Waals surface area contributed by atoms with Crippen LogP contribution in [0.4, 0.5) is 0 Å². The molecule has 0 amide bonds. The minimum absolute atomic E-state index is 0.00151. The van der Waals surface area contributed by atoms with Crippen molar-refractivity contribution < 1.29 is 0 Å². The normalized spacial score (nSPS) is 16.3. The lowest BCUT2D eigenvalue weighted by Gasteiger charge is -2.39. The van der Waals surface area contributed by atoms with Gasteiger partial charge in [0.25, 0.3) is 0 Å². The Hall–Kier alpha value is -5.67. The van der Waals surface area contributed by atoms with E-state index in [2.05, 4.69) is 146 Å². The monoisotopic (exact) mass is 673 g/mol. The average molecular weight is 674 g/mol. The molecule has 0 saturated heterocycles. The maximum atomic E-state index is 5.08. The summed E-state index contributed by atoms with van der Waals surface area (Å²) in [7, 11) is 0. The molecule has 0 aliphatic heterocycles. The molecule has 0 radical (unpaired) electrons. The Labute approximate surface area is 307 Å². The number of hydrogen-bond acceptors (Lipinski definition) is 3. The van der Waals surface area contributed by atoms with E-state index in [0.29, 0.717) is 11.6 Å². The first-order valence-corrected chi connectivity index (χ1v) is 19.0. The number of aryl methyl sites for hydroxylation is 1. The van der Waals surface area contributed by atoms with Crippen molar-refractivity contribution in [1.82, 2.24) is 15.0 Å². The molecule has 0 spiro atoms. The number of allylic oxidation sites excluding steroid dienone is 5. The van der Waals surface area contributed by atoms with Gasteiger partial charge in [-0.1, -0.05) is 165 Å². The fraction of sp³-hybridized carbons (Fsp3) is 0.204. The van der Waals surface area contributed by atoms with Crippen LogP contribution in [-0.4, -0.2) is 15.0 Å². The van der Waals surface area contributed by atoms with E-state index >= 15 is 0 Å². The minimum atomic E-state index is 0.00151.